The summed E-state index contributed by atoms with van der Waals surface area (Å²) < 4.78 is 0. The Bertz CT molecular complexity index is 635. The third-order valence-electron chi connectivity index (χ3n) is 5.01. The molecule has 22 heavy (non-hydrogen) atoms. The van der Waals surface area contributed by atoms with Gasteiger partial charge in [-0.1, -0.05) is 18.2 Å². The van der Waals surface area contributed by atoms with Crippen LogP contribution in [-0.2, 0) is 16.0 Å². The fourth-order valence-corrected chi connectivity index (χ4v) is 3.63. The van der Waals surface area contributed by atoms with Crippen LogP contribution in [0.4, 0.5) is 0 Å². The summed E-state index contributed by atoms with van der Waals surface area (Å²) in [6.45, 7) is 2.05. The molecule has 2 unspecified atom stereocenters. The standard InChI is InChI=1S/C18H21NO3/c1-11-3-2-4-15-14(11)9-7-12(17(15)21)5-6-13-8-10-16(20)19-18(13)22/h2-4,12-13H,5-10H2,1H3,(H,19,20,22). The minimum Gasteiger partial charge on any atom is -0.296 e. The lowest BCUT2D eigenvalue weighted by molar-refractivity contribution is -0.136. The van der Waals surface area contributed by atoms with E-state index in [1.165, 1.54) is 11.1 Å². The molecule has 0 bridgehead atoms. The van der Waals surface area contributed by atoms with Crippen molar-refractivity contribution < 1.29 is 14.4 Å². The van der Waals surface area contributed by atoms with Crippen LogP contribution in [0.2, 0.25) is 0 Å². The molecule has 4 nitrogen and oxygen atoms in total. The van der Waals surface area contributed by atoms with E-state index >= 15 is 0 Å². The van der Waals surface area contributed by atoms with Gasteiger partial charge in [0.1, 0.15) is 0 Å². The van der Waals surface area contributed by atoms with Crippen LogP contribution in [0.5, 0.6) is 0 Å². The zero-order valence-electron chi connectivity index (χ0n) is 12.9. The fourth-order valence-electron chi connectivity index (χ4n) is 3.63. The monoisotopic (exact) mass is 299 g/mol. The molecule has 1 heterocycles. The second-order valence-corrected chi connectivity index (χ2v) is 6.43. The summed E-state index contributed by atoms with van der Waals surface area (Å²) in [7, 11) is 0. The molecular formula is C18H21NO3. The van der Waals surface area contributed by atoms with E-state index in [0.29, 0.717) is 19.3 Å². The van der Waals surface area contributed by atoms with Gasteiger partial charge in [0.05, 0.1) is 0 Å². The van der Waals surface area contributed by atoms with E-state index in [-0.39, 0.29) is 29.4 Å². The number of carbonyl (C=O) groups excluding carboxylic acids is 3. The molecule has 0 saturated carbocycles. The SMILES string of the molecule is Cc1cccc2c1CCC(CCC1CCC(=O)NC1=O)C2=O. The number of piperidine rings is 1. The highest BCUT2D eigenvalue weighted by Crippen LogP contribution is 2.32. The van der Waals surface area contributed by atoms with Crippen molar-refractivity contribution in [1.29, 1.82) is 0 Å². The molecule has 2 atom stereocenters. The van der Waals surface area contributed by atoms with Crippen LogP contribution < -0.4 is 5.32 Å². The molecule has 1 aromatic carbocycles. The second kappa shape index (κ2) is 6.03. The van der Waals surface area contributed by atoms with Gasteiger partial charge in [0.2, 0.25) is 11.8 Å². The molecule has 0 aromatic heterocycles. The predicted octanol–water partition coefficient (Wildman–Crippen LogP) is 2.57. The average molecular weight is 299 g/mol. The summed E-state index contributed by atoms with van der Waals surface area (Å²) in [6.07, 6.45) is 4.26. The molecule has 2 amide bonds. The number of Topliss-reactive ketones (excluding diaryl/α,β-unsaturated/α-hetero) is 1. The van der Waals surface area contributed by atoms with Gasteiger partial charge in [0, 0.05) is 23.8 Å². The highest BCUT2D eigenvalue weighted by molar-refractivity contribution is 6.01. The molecule has 1 aliphatic heterocycles. The van der Waals surface area contributed by atoms with Crippen LogP contribution in [0, 0.1) is 18.8 Å². The van der Waals surface area contributed by atoms with Crippen LogP contribution in [0.25, 0.3) is 0 Å². The van der Waals surface area contributed by atoms with Crippen molar-refractivity contribution in [3.8, 4) is 0 Å². The maximum atomic E-state index is 12.6. The molecule has 3 rings (SSSR count). The molecule has 1 saturated heterocycles. The van der Waals surface area contributed by atoms with E-state index in [1.54, 1.807) is 0 Å². The van der Waals surface area contributed by atoms with Crippen molar-refractivity contribution in [2.45, 2.75) is 45.4 Å². The first kappa shape index (κ1) is 14.9. The Morgan fingerprint density at radius 1 is 1.05 bits per heavy atom. The lowest BCUT2D eigenvalue weighted by Gasteiger charge is -2.27. The molecular weight excluding hydrogens is 278 g/mol. The third kappa shape index (κ3) is 2.82. The van der Waals surface area contributed by atoms with Gasteiger partial charge in [0.15, 0.2) is 5.78 Å². The number of amides is 2. The number of aryl methyl sites for hydroxylation is 1. The van der Waals surface area contributed by atoms with Gasteiger partial charge < -0.3 is 0 Å². The average Bonchev–Trinajstić information content (AvgIpc) is 2.49. The van der Waals surface area contributed by atoms with E-state index in [1.807, 2.05) is 12.1 Å². The van der Waals surface area contributed by atoms with E-state index in [0.717, 1.165) is 24.8 Å². The number of fused-ring (bicyclic) bond motifs is 1. The van der Waals surface area contributed by atoms with E-state index in [4.69, 9.17) is 0 Å². The van der Waals surface area contributed by atoms with Gasteiger partial charge in [-0.25, -0.2) is 0 Å². The van der Waals surface area contributed by atoms with Gasteiger partial charge in [-0.2, -0.15) is 0 Å². The highest BCUT2D eigenvalue weighted by Gasteiger charge is 2.31. The zero-order valence-corrected chi connectivity index (χ0v) is 12.9. The Morgan fingerprint density at radius 3 is 2.55 bits per heavy atom. The maximum Gasteiger partial charge on any atom is 0.229 e. The first-order chi connectivity index (χ1) is 10.6. The molecule has 1 aromatic rings. The Morgan fingerprint density at radius 2 is 1.77 bits per heavy atom. The Labute approximate surface area is 130 Å². The van der Waals surface area contributed by atoms with E-state index < -0.39 is 0 Å². The van der Waals surface area contributed by atoms with Crippen LogP contribution >= 0.6 is 0 Å². The minimum absolute atomic E-state index is 0.0136. The molecule has 116 valence electrons. The number of benzene rings is 1. The van der Waals surface area contributed by atoms with E-state index in [2.05, 4.69) is 18.3 Å². The summed E-state index contributed by atoms with van der Waals surface area (Å²) in [5, 5.41) is 2.39. The van der Waals surface area contributed by atoms with Crippen molar-refractivity contribution in [2.24, 2.45) is 11.8 Å². The van der Waals surface area contributed by atoms with Crippen LogP contribution in [0.1, 0.15) is 53.6 Å². The van der Waals surface area contributed by atoms with Crippen LogP contribution in [0.15, 0.2) is 18.2 Å². The van der Waals surface area contributed by atoms with Crippen molar-refractivity contribution in [2.75, 3.05) is 0 Å². The number of hydrogen-bond acceptors (Lipinski definition) is 3. The third-order valence-corrected chi connectivity index (χ3v) is 5.01. The summed E-state index contributed by atoms with van der Waals surface area (Å²) in [4.78, 5) is 35.6. The maximum absolute atomic E-state index is 12.6. The van der Waals surface area contributed by atoms with E-state index in [9.17, 15) is 14.4 Å². The Hall–Kier alpha value is -1.97. The van der Waals surface area contributed by atoms with Crippen LogP contribution in [0.3, 0.4) is 0 Å². The fraction of sp³-hybridized carbons (Fsp3) is 0.500. The predicted molar refractivity (Wildman–Crippen MR) is 82.4 cm³/mol. The molecule has 1 fully saturated rings. The van der Waals surface area contributed by atoms with Crippen LogP contribution in [-0.4, -0.2) is 17.6 Å². The van der Waals surface area contributed by atoms with Gasteiger partial charge in [-0.3, -0.25) is 19.7 Å². The van der Waals surface area contributed by atoms with Gasteiger partial charge in [-0.05, 0) is 50.2 Å². The Balaban J connectivity index is 1.64. The smallest absolute Gasteiger partial charge is 0.229 e. The molecule has 1 N–H and O–H groups in total. The zero-order chi connectivity index (χ0) is 15.7. The first-order valence-corrected chi connectivity index (χ1v) is 8.02. The number of carbonyl (C=O) groups is 3. The number of nitrogens with one attached hydrogen (secondary N) is 1. The summed E-state index contributed by atoms with van der Waals surface area (Å²) in [6, 6.07) is 5.91. The van der Waals surface area contributed by atoms with Crippen molar-refractivity contribution in [3.05, 3.63) is 34.9 Å². The largest absolute Gasteiger partial charge is 0.296 e. The summed E-state index contributed by atoms with van der Waals surface area (Å²) >= 11 is 0. The van der Waals surface area contributed by atoms with Crippen molar-refractivity contribution in [3.63, 3.8) is 0 Å². The van der Waals surface area contributed by atoms with Crippen molar-refractivity contribution >= 4 is 17.6 Å². The molecule has 0 spiro atoms. The summed E-state index contributed by atoms with van der Waals surface area (Å²) in [5.41, 5.74) is 3.23. The quantitative estimate of drug-likeness (QED) is 0.873. The lowest BCUT2D eigenvalue weighted by atomic mass is 9.77. The van der Waals surface area contributed by atoms with Crippen molar-refractivity contribution in [1.82, 2.24) is 5.32 Å². The molecule has 2 aliphatic rings. The topological polar surface area (TPSA) is 63.2 Å². The van der Waals surface area contributed by atoms with Gasteiger partial charge in [0.25, 0.3) is 0 Å². The van der Waals surface area contributed by atoms with Gasteiger partial charge in [-0.15, -0.1) is 0 Å². The number of ketones is 1. The first-order valence-electron chi connectivity index (χ1n) is 8.02. The molecule has 4 heteroatoms. The highest BCUT2D eigenvalue weighted by atomic mass is 16.2. The number of hydrogen-bond donors (Lipinski definition) is 1. The second-order valence-electron chi connectivity index (χ2n) is 6.43. The van der Waals surface area contributed by atoms with Gasteiger partial charge >= 0.3 is 0 Å². The minimum atomic E-state index is -0.181. The Kier molecular flexibility index (Phi) is 4.10. The number of rotatable bonds is 3. The normalized spacial score (nSPS) is 24.9. The summed E-state index contributed by atoms with van der Waals surface area (Å²) in [5.74, 6) is -0.239. The molecule has 1 aliphatic carbocycles. The molecule has 0 radical (unpaired) electrons. The number of imide groups is 1. The lowest BCUT2D eigenvalue weighted by Crippen LogP contribution is -2.41.